The van der Waals surface area contributed by atoms with Crippen molar-refractivity contribution >= 4 is 23.5 Å². The molecule has 2 unspecified atom stereocenters. The van der Waals surface area contributed by atoms with Crippen LogP contribution in [0, 0.1) is 19.3 Å². The average molecular weight is 465 g/mol. The summed E-state index contributed by atoms with van der Waals surface area (Å²) in [7, 11) is 0. The molecule has 182 valence electrons. The molecule has 5 rings (SSSR count). The minimum atomic E-state index is 0.517. The van der Waals surface area contributed by atoms with E-state index in [0.29, 0.717) is 18.0 Å². The minimum Gasteiger partial charge on any atom is -0.378 e. The van der Waals surface area contributed by atoms with Crippen LogP contribution in [0.25, 0.3) is 0 Å². The van der Waals surface area contributed by atoms with Crippen LogP contribution in [-0.4, -0.2) is 79.2 Å². The van der Waals surface area contributed by atoms with Gasteiger partial charge in [-0.15, -0.1) is 0 Å². The van der Waals surface area contributed by atoms with Gasteiger partial charge in [0.1, 0.15) is 17.5 Å². The first-order chi connectivity index (χ1) is 16.5. The maximum atomic E-state index is 8.00. The summed E-state index contributed by atoms with van der Waals surface area (Å²) >= 11 is 0. The molecule has 1 aromatic heterocycles. The minimum absolute atomic E-state index is 0.517. The number of hydrogen-bond acceptors (Lipinski definition) is 8. The number of likely N-dealkylation sites (tertiary alicyclic amines) is 1. The van der Waals surface area contributed by atoms with E-state index in [4.69, 9.17) is 14.9 Å². The lowest BCUT2D eigenvalue weighted by Crippen LogP contribution is -2.55. The second-order valence-electron chi connectivity index (χ2n) is 9.82. The summed E-state index contributed by atoms with van der Waals surface area (Å²) in [6.45, 7) is 12.4. The van der Waals surface area contributed by atoms with Crippen molar-refractivity contribution in [3.8, 4) is 0 Å². The number of aryl methyl sites for hydroxylation is 2. The van der Waals surface area contributed by atoms with Gasteiger partial charge in [0.05, 0.1) is 32.5 Å². The normalized spacial score (nSPS) is 24.0. The number of anilines is 3. The molecule has 3 saturated heterocycles. The van der Waals surface area contributed by atoms with Crippen molar-refractivity contribution in [2.75, 3.05) is 56.3 Å². The van der Waals surface area contributed by atoms with Crippen LogP contribution < -0.4 is 10.2 Å². The molecule has 3 aliphatic rings. The monoisotopic (exact) mass is 464 g/mol. The van der Waals surface area contributed by atoms with Crippen molar-refractivity contribution < 1.29 is 9.47 Å². The van der Waals surface area contributed by atoms with Crippen LogP contribution in [0.2, 0.25) is 0 Å². The molecule has 8 nitrogen and oxygen atoms in total. The third-order valence-electron chi connectivity index (χ3n) is 7.47. The summed E-state index contributed by atoms with van der Waals surface area (Å²) in [5, 5.41) is 11.5. The van der Waals surface area contributed by atoms with Gasteiger partial charge in [-0.1, -0.05) is 0 Å². The highest BCUT2D eigenvalue weighted by Gasteiger charge is 2.35. The lowest BCUT2D eigenvalue weighted by atomic mass is 9.82. The van der Waals surface area contributed by atoms with Gasteiger partial charge in [-0.25, -0.2) is 9.97 Å². The second-order valence-corrected chi connectivity index (χ2v) is 9.82. The Hall–Kier alpha value is -2.55. The lowest BCUT2D eigenvalue weighted by Gasteiger charge is -2.46. The smallest absolute Gasteiger partial charge is 0.136 e. The fraction of sp³-hybridized carbons (Fsp3) is 0.577. The Labute approximate surface area is 202 Å². The molecule has 0 spiro atoms. The average Bonchev–Trinajstić information content (AvgIpc) is 2.80. The molecule has 3 aliphatic heterocycles. The molecule has 0 saturated carbocycles. The van der Waals surface area contributed by atoms with Crippen LogP contribution in [0.5, 0.6) is 0 Å². The predicted molar refractivity (Wildman–Crippen MR) is 135 cm³/mol. The number of nitrogens with one attached hydrogen (secondary N) is 2. The molecule has 2 aromatic rings. The van der Waals surface area contributed by atoms with Crippen LogP contribution in [0.1, 0.15) is 48.2 Å². The molecule has 8 heteroatoms. The predicted octanol–water partition coefficient (Wildman–Crippen LogP) is 3.64. The van der Waals surface area contributed by atoms with Gasteiger partial charge < -0.3 is 25.1 Å². The zero-order valence-electron chi connectivity index (χ0n) is 20.5. The molecule has 0 aliphatic carbocycles. The Bertz CT molecular complexity index is 1030. The number of piperidine rings is 1. The highest BCUT2D eigenvalue weighted by molar-refractivity contribution is 5.88. The highest BCUT2D eigenvalue weighted by atomic mass is 16.5. The summed E-state index contributed by atoms with van der Waals surface area (Å²) in [5.74, 6) is 2.93. The van der Waals surface area contributed by atoms with Crippen LogP contribution >= 0.6 is 0 Å². The van der Waals surface area contributed by atoms with E-state index >= 15 is 0 Å². The maximum Gasteiger partial charge on any atom is 0.136 e. The maximum absolute atomic E-state index is 8.00. The topological polar surface area (TPSA) is 86.6 Å². The number of rotatable bonds is 6. The SMILES string of the molecule is Cc1nc(Nc2cc(C3CCN(C4COC4)C(C)C3)c(C)cc2C=N)cc(N2CCOCC2)n1. The van der Waals surface area contributed by atoms with E-state index in [1.807, 2.05) is 13.0 Å². The van der Waals surface area contributed by atoms with Crippen LogP contribution in [0.3, 0.4) is 0 Å². The molecular formula is C26H36N6O2. The van der Waals surface area contributed by atoms with Gasteiger partial charge in [-0.05, 0) is 69.3 Å². The molecule has 34 heavy (non-hydrogen) atoms. The largest absolute Gasteiger partial charge is 0.378 e. The van der Waals surface area contributed by atoms with Crippen molar-refractivity contribution in [1.82, 2.24) is 14.9 Å². The molecule has 1 aromatic carbocycles. The highest BCUT2D eigenvalue weighted by Crippen LogP contribution is 2.37. The van der Waals surface area contributed by atoms with Gasteiger partial charge in [0, 0.05) is 42.7 Å². The van der Waals surface area contributed by atoms with Crippen molar-refractivity contribution in [3.05, 3.63) is 40.7 Å². The number of nitrogens with zero attached hydrogens (tertiary/aromatic N) is 4. The summed E-state index contributed by atoms with van der Waals surface area (Å²) in [4.78, 5) is 14.2. The van der Waals surface area contributed by atoms with E-state index in [2.05, 4.69) is 51.1 Å². The molecule has 2 N–H and O–H groups in total. The first-order valence-corrected chi connectivity index (χ1v) is 12.5. The van der Waals surface area contributed by atoms with E-state index in [-0.39, 0.29) is 0 Å². The van der Waals surface area contributed by atoms with E-state index < -0.39 is 0 Å². The molecule has 2 atom stereocenters. The number of ether oxygens (including phenoxy) is 2. The number of aromatic nitrogens is 2. The van der Waals surface area contributed by atoms with Crippen LogP contribution in [0.4, 0.5) is 17.3 Å². The lowest BCUT2D eigenvalue weighted by molar-refractivity contribution is -0.0862. The van der Waals surface area contributed by atoms with Crippen molar-refractivity contribution in [2.24, 2.45) is 0 Å². The van der Waals surface area contributed by atoms with Gasteiger partial charge >= 0.3 is 0 Å². The van der Waals surface area contributed by atoms with E-state index in [9.17, 15) is 0 Å². The Morgan fingerprint density at radius 1 is 1.06 bits per heavy atom. The van der Waals surface area contributed by atoms with Gasteiger partial charge in [0.15, 0.2) is 0 Å². The molecule has 0 radical (unpaired) electrons. The molecular weight excluding hydrogens is 428 g/mol. The Morgan fingerprint density at radius 2 is 1.85 bits per heavy atom. The van der Waals surface area contributed by atoms with Gasteiger partial charge in [-0.3, -0.25) is 4.90 Å². The zero-order chi connectivity index (χ0) is 23.7. The third kappa shape index (κ3) is 4.80. The summed E-state index contributed by atoms with van der Waals surface area (Å²) in [6, 6.07) is 7.54. The Kier molecular flexibility index (Phi) is 6.81. The molecule has 0 bridgehead atoms. The number of morpholine rings is 1. The second kappa shape index (κ2) is 9.98. The van der Waals surface area contributed by atoms with Crippen molar-refractivity contribution in [3.63, 3.8) is 0 Å². The summed E-state index contributed by atoms with van der Waals surface area (Å²) in [6.07, 6.45) is 3.73. The fourth-order valence-electron chi connectivity index (χ4n) is 5.55. The summed E-state index contributed by atoms with van der Waals surface area (Å²) < 4.78 is 10.9. The Balaban J connectivity index is 1.38. The van der Waals surface area contributed by atoms with E-state index in [1.165, 1.54) is 17.3 Å². The van der Waals surface area contributed by atoms with Crippen molar-refractivity contribution in [2.45, 2.75) is 51.6 Å². The van der Waals surface area contributed by atoms with Crippen molar-refractivity contribution in [1.29, 1.82) is 5.41 Å². The molecule has 4 heterocycles. The Morgan fingerprint density at radius 3 is 2.53 bits per heavy atom. The van der Waals surface area contributed by atoms with Gasteiger partial charge in [0.2, 0.25) is 0 Å². The van der Waals surface area contributed by atoms with E-state index in [1.54, 1.807) is 0 Å². The third-order valence-corrected chi connectivity index (χ3v) is 7.47. The first-order valence-electron chi connectivity index (χ1n) is 12.5. The van der Waals surface area contributed by atoms with E-state index in [0.717, 1.165) is 87.6 Å². The standard InChI is InChI=1S/C26H36N6O2/c1-17-10-21(14-27)24(12-23(17)20-4-5-32(18(2)11-20)22-15-34-16-22)30-25-13-26(29-19(3)28-25)31-6-8-33-9-7-31/h10,12-14,18,20,22,27H,4-9,11,15-16H2,1-3H3,(H,28,29,30). The number of hydrogen-bond donors (Lipinski definition) is 2. The quantitative estimate of drug-likeness (QED) is 0.631. The van der Waals surface area contributed by atoms with Crippen LogP contribution in [-0.2, 0) is 9.47 Å². The van der Waals surface area contributed by atoms with Gasteiger partial charge in [-0.2, -0.15) is 0 Å². The zero-order valence-corrected chi connectivity index (χ0v) is 20.5. The molecule has 3 fully saturated rings. The molecule has 0 amide bonds. The first kappa shape index (κ1) is 23.2. The summed E-state index contributed by atoms with van der Waals surface area (Å²) in [5.41, 5.74) is 4.45. The fourth-order valence-corrected chi connectivity index (χ4v) is 5.55. The van der Waals surface area contributed by atoms with Gasteiger partial charge in [0.25, 0.3) is 0 Å². The number of benzene rings is 1. The van der Waals surface area contributed by atoms with Crippen LogP contribution in [0.15, 0.2) is 18.2 Å².